The van der Waals surface area contributed by atoms with E-state index in [2.05, 4.69) is 6.92 Å². The summed E-state index contributed by atoms with van der Waals surface area (Å²) in [6, 6.07) is 7.69. The second-order valence-electron chi connectivity index (χ2n) is 7.13. The molecule has 0 aromatic heterocycles. The average molecular weight is 363 g/mol. The van der Waals surface area contributed by atoms with E-state index in [1.165, 1.54) is 0 Å². The third-order valence-corrected chi connectivity index (χ3v) is 4.17. The maximum absolute atomic E-state index is 11.9. The van der Waals surface area contributed by atoms with Gasteiger partial charge in [0.05, 0.1) is 6.61 Å². The summed E-state index contributed by atoms with van der Waals surface area (Å²) < 4.78 is 10.6. The zero-order valence-corrected chi connectivity index (χ0v) is 16.6. The van der Waals surface area contributed by atoms with Gasteiger partial charge in [0.2, 0.25) is 0 Å². The molecule has 0 bridgehead atoms. The molecule has 26 heavy (non-hydrogen) atoms. The number of hydrogen-bond donors (Lipinski definition) is 0. The molecule has 0 unspecified atom stereocenters. The Morgan fingerprint density at radius 1 is 0.885 bits per heavy atom. The Morgan fingerprint density at radius 2 is 1.46 bits per heavy atom. The summed E-state index contributed by atoms with van der Waals surface area (Å²) in [4.78, 5) is 23.4. The fourth-order valence-corrected chi connectivity index (χ4v) is 2.65. The molecule has 0 N–H and O–H groups in total. The van der Waals surface area contributed by atoms with Crippen molar-refractivity contribution >= 4 is 11.9 Å². The largest absolute Gasteiger partial charge is 0.465 e. The number of para-hydroxylation sites is 1. The summed E-state index contributed by atoms with van der Waals surface area (Å²) in [5, 5.41) is 0. The fraction of sp³-hybridized carbons (Fsp3) is 0.636. The molecule has 0 atom stereocenters. The van der Waals surface area contributed by atoms with Gasteiger partial charge in [-0.2, -0.15) is 0 Å². The summed E-state index contributed by atoms with van der Waals surface area (Å²) in [6.45, 7) is 6.63. The average Bonchev–Trinajstić information content (AvgIpc) is 2.62. The van der Waals surface area contributed by atoms with Crippen LogP contribution in [-0.4, -0.2) is 18.5 Å². The van der Waals surface area contributed by atoms with Gasteiger partial charge in [-0.3, -0.25) is 9.59 Å². The van der Waals surface area contributed by atoms with Crippen molar-refractivity contribution < 1.29 is 19.1 Å². The Kier molecular flexibility index (Phi) is 11.4. The normalized spacial score (nSPS) is 10.8. The van der Waals surface area contributed by atoms with E-state index in [9.17, 15) is 9.59 Å². The molecule has 1 aromatic carbocycles. The van der Waals surface area contributed by atoms with Crippen LogP contribution in [0.2, 0.25) is 0 Å². The van der Waals surface area contributed by atoms with Crippen LogP contribution in [0.1, 0.15) is 77.7 Å². The van der Waals surface area contributed by atoms with Crippen LogP contribution in [0.25, 0.3) is 0 Å². The van der Waals surface area contributed by atoms with Crippen LogP contribution in [-0.2, 0) is 20.7 Å². The molecule has 0 aliphatic carbocycles. The molecular formula is C22H34O4. The van der Waals surface area contributed by atoms with Crippen LogP contribution in [0.3, 0.4) is 0 Å². The van der Waals surface area contributed by atoms with Crippen molar-refractivity contribution in [3.63, 3.8) is 0 Å². The van der Waals surface area contributed by atoms with Gasteiger partial charge in [-0.25, -0.2) is 0 Å². The van der Waals surface area contributed by atoms with Gasteiger partial charge in [0.1, 0.15) is 5.75 Å². The third-order valence-electron chi connectivity index (χ3n) is 4.17. The minimum atomic E-state index is -0.154. The molecule has 0 heterocycles. The van der Waals surface area contributed by atoms with Crippen molar-refractivity contribution in [2.45, 2.75) is 78.6 Å². The van der Waals surface area contributed by atoms with Crippen LogP contribution >= 0.6 is 0 Å². The summed E-state index contributed by atoms with van der Waals surface area (Å²) in [6.07, 6.45) is 7.78. The van der Waals surface area contributed by atoms with E-state index in [-0.39, 0.29) is 11.9 Å². The first-order valence-electron chi connectivity index (χ1n) is 9.97. The van der Waals surface area contributed by atoms with E-state index in [0.29, 0.717) is 31.1 Å². The van der Waals surface area contributed by atoms with Gasteiger partial charge in [-0.15, -0.1) is 0 Å². The molecule has 1 rings (SSSR count). The molecule has 0 fully saturated rings. The molecular weight excluding hydrogens is 328 g/mol. The van der Waals surface area contributed by atoms with Crippen LogP contribution in [0.4, 0.5) is 0 Å². The SMILES string of the molecule is CCc1ccccc1OC(=O)CCCCCCCCC(=O)OCC(C)C. The van der Waals surface area contributed by atoms with Crippen molar-refractivity contribution in [1.29, 1.82) is 0 Å². The van der Waals surface area contributed by atoms with E-state index in [4.69, 9.17) is 9.47 Å². The Balaban J connectivity index is 2.02. The van der Waals surface area contributed by atoms with Crippen molar-refractivity contribution in [3.05, 3.63) is 29.8 Å². The highest BCUT2D eigenvalue weighted by Crippen LogP contribution is 2.19. The Bertz CT molecular complexity index is 537. The van der Waals surface area contributed by atoms with E-state index < -0.39 is 0 Å². The van der Waals surface area contributed by atoms with Gasteiger partial charge in [0.25, 0.3) is 0 Å². The predicted molar refractivity (Wildman–Crippen MR) is 104 cm³/mol. The fourth-order valence-electron chi connectivity index (χ4n) is 2.65. The minimum Gasteiger partial charge on any atom is -0.465 e. The number of aryl methyl sites for hydroxylation is 1. The highest BCUT2D eigenvalue weighted by Gasteiger charge is 2.08. The summed E-state index contributed by atoms with van der Waals surface area (Å²) >= 11 is 0. The van der Waals surface area contributed by atoms with Crippen molar-refractivity contribution in [1.82, 2.24) is 0 Å². The van der Waals surface area contributed by atoms with Crippen LogP contribution in [0.5, 0.6) is 5.75 Å². The lowest BCUT2D eigenvalue weighted by molar-refractivity contribution is -0.144. The second kappa shape index (κ2) is 13.4. The minimum absolute atomic E-state index is 0.0891. The maximum atomic E-state index is 11.9. The zero-order valence-electron chi connectivity index (χ0n) is 16.6. The number of ether oxygens (including phenoxy) is 2. The number of rotatable bonds is 13. The highest BCUT2D eigenvalue weighted by molar-refractivity contribution is 5.72. The standard InChI is InChI=1S/C22H34O4/c1-4-19-13-11-12-14-20(19)26-22(24)16-10-8-6-5-7-9-15-21(23)25-17-18(2)3/h11-14,18H,4-10,15-17H2,1-3H3. The maximum Gasteiger partial charge on any atom is 0.311 e. The van der Waals surface area contributed by atoms with Crippen LogP contribution in [0.15, 0.2) is 24.3 Å². The molecule has 0 aliphatic rings. The highest BCUT2D eigenvalue weighted by atomic mass is 16.5. The van der Waals surface area contributed by atoms with E-state index in [1.54, 1.807) is 0 Å². The molecule has 0 amide bonds. The predicted octanol–water partition coefficient (Wildman–Crippen LogP) is 5.47. The number of unbranched alkanes of at least 4 members (excludes halogenated alkanes) is 5. The molecule has 4 heteroatoms. The number of esters is 2. The smallest absolute Gasteiger partial charge is 0.311 e. The van der Waals surface area contributed by atoms with Gasteiger partial charge in [0, 0.05) is 12.8 Å². The second-order valence-corrected chi connectivity index (χ2v) is 7.13. The topological polar surface area (TPSA) is 52.6 Å². The molecule has 4 nitrogen and oxygen atoms in total. The first-order valence-corrected chi connectivity index (χ1v) is 9.97. The number of hydrogen-bond acceptors (Lipinski definition) is 4. The van der Waals surface area contributed by atoms with Crippen molar-refractivity contribution in [3.8, 4) is 5.75 Å². The Morgan fingerprint density at radius 3 is 2.08 bits per heavy atom. The Hall–Kier alpha value is -1.84. The lowest BCUT2D eigenvalue weighted by Gasteiger charge is -2.08. The van der Waals surface area contributed by atoms with Gasteiger partial charge in [-0.1, -0.05) is 64.7 Å². The molecule has 0 spiro atoms. The quantitative estimate of drug-likeness (QED) is 0.265. The lowest BCUT2D eigenvalue weighted by atomic mass is 10.1. The Labute approximate surface area is 158 Å². The van der Waals surface area contributed by atoms with Crippen molar-refractivity contribution in [2.24, 2.45) is 5.92 Å². The monoisotopic (exact) mass is 362 g/mol. The third kappa shape index (κ3) is 10.2. The summed E-state index contributed by atoms with van der Waals surface area (Å²) in [5.74, 6) is 0.832. The molecule has 146 valence electrons. The number of carbonyl (C=O) groups excluding carboxylic acids is 2. The molecule has 0 aliphatic heterocycles. The number of benzene rings is 1. The van der Waals surface area contributed by atoms with Crippen LogP contribution < -0.4 is 4.74 Å². The molecule has 1 aromatic rings. The van der Waals surface area contributed by atoms with E-state index >= 15 is 0 Å². The van der Waals surface area contributed by atoms with E-state index in [1.807, 2.05) is 38.1 Å². The van der Waals surface area contributed by atoms with Gasteiger partial charge >= 0.3 is 11.9 Å². The van der Waals surface area contributed by atoms with E-state index in [0.717, 1.165) is 50.5 Å². The zero-order chi connectivity index (χ0) is 19.2. The first-order chi connectivity index (χ1) is 12.5. The summed E-state index contributed by atoms with van der Waals surface area (Å²) in [5.41, 5.74) is 1.06. The molecule has 0 saturated carbocycles. The van der Waals surface area contributed by atoms with Gasteiger partial charge < -0.3 is 9.47 Å². The van der Waals surface area contributed by atoms with Crippen molar-refractivity contribution in [2.75, 3.05) is 6.61 Å². The lowest BCUT2D eigenvalue weighted by Crippen LogP contribution is -2.09. The summed E-state index contributed by atoms with van der Waals surface area (Å²) in [7, 11) is 0. The van der Waals surface area contributed by atoms with Gasteiger partial charge in [-0.05, 0) is 36.8 Å². The number of carbonyl (C=O) groups is 2. The van der Waals surface area contributed by atoms with Crippen LogP contribution in [0, 0.1) is 5.92 Å². The molecule has 0 saturated heterocycles. The van der Waals surface area contributed by atoms with Gasteiger partial charge in [0.15, 0.2) is 0 Å². The molecule has 0 radical (unpaired) electrons. The first kappa shape index (κ1) is 22.2.